The molecular weight excluding hydrogens is 231 g/mol. The SMILES string of the molecule is CN(Cc1cn(CCN)cn1)c1ccccc1F. The van der Waals surface area contributed by atoms with E-state index in [1.165, 1.54) is 6.07 Å². The van der Waals surface area contributed by atoms with Crippen LogP contribution in [0.5, 0.6) is 0 Å². The Bertz CT molecular complexity index is 509. The predicted molar refractivity (Wildman–Crippen MR) is 69.8 cm³/mol. The van der Waals surface area contributed by atoms with Gasteiger partial charge in [0.25, 0.3) is 0 Å². The molecule has 2 rings (SSSR count). The molecule has 4 nitrogen and oxygen atoms in total. The van der Waals surface area contributed by atoms with Crippen molar-refractivity contribution in [1.29, 1.82) is 0 Å². The van der Waals surface area contributed by atoms with E-state index in [0.717, 1.165) is 12.2 Å². The molecule has 0 spiro atoms. The van der Waals surface area contributed by atoms with E-state index in [9.17, 15) is 4.39 Å². The minimum atomic E-state index is -0.221. The largest absolute Gasteiger partial charge is 0.366 e. The zero-order chi connectivity index (χ0) is 13.0. The highest BCUT2D eigenvalue weighted by atomic mass is 19.1. The summed E-state index contributed by atoms with van der Waals surface area (Å²) in [6.45, 7) is 1.90. The fourth-order valence-electron chi connectivity index (χ4n) is 1.85. The standard InChI is InChI=1S/C13H17FN4/c1-17(13-5-3-2-4-12(13)14)8-11-9-18(7-6-15)10-16-11/h2-5,9-10H,6-8,15H2,1H3. The van der Waals surface area contributed by atoms with Crippen LogP contribution in [-0.2, 0) is 13.1 Å². The Hall–Kier alpha value is -1.88. The molecule has 1 aromatic heterocycles. The van der Waals surface area contributed by atoms with E-state index in [4.69, 9.17) is 5.73 Å². The molecule has 2 N–H and O–H groups in total. The molecule has 18 heavy (non-hydrogen) atoms. The number of imidazole rings is 1. The molecule has 1 aromatic carbocycles. The molecule has 0 aliphatic heterocycles. The van der Waals surface area contributed by atoms with E-state index >= 15 is 0 Å². The summed E-state index contributed by atoms with van der Waals surface area (Å²) in [4.78, 5) is 6.11. The number of halogens is 1. The maximum atomic E-state index is 13.6. The van der Waals surface area contributed by atoms with Crippen molar-refractivity contribution in [2.24, 2.45) is 5.73 Å². The van der Waals surface area contributed by atoms with E-state index in [1.54, 1.807) is 18.5 Å². The average Bonchev–Trinajstić information content (AvgIpc) is 2.77. The molecule has 0 amide bonds. The van der Waals surface area contributed by atoms with Gasteiger partial charge < -0.3 is 15.2 Å². The molecular formula is C13H17FN4. The minimum absolute atomic E-state index is 0.221. The molecule has 1 heterocycles. The van der Waals surface area contributed by atoms with Gasteiger partial charge in [0.15, 0.2) is 0 Å². The molecule has 0 aliphatic rings. The number of benzene rings is 1. The molecule has 0 fully saturated rings. The second-order valence-corrected chi connectivity index (χ2v) is 4.20. The highest BCUT2D eigenvalue weighted by molar-refractivity contribution is 5.46. The summed E-state index contributed by atoms with van der Waals surface area (Å²) in [7, 11) is 1.85. The fourth-order valence-corrected chi connectivity index (χ4v) is 1.85. The Balaban J connectivity index is 2.06. The van der Waals surface area contributed by atoms with Crippen LogP contribution in [0.1, 0.15) is 5.69 Å². The van der Waals surface area contributed by atoms with Crippen LogP contribution in [0, 0.1) is 5.82 Å². The molecule has 5 heteroatoms. The number of rotatable bonds is 5. The Morgan fingerprint density at radius 1 is 1.39 bits per heavy atom. The predicted octanol–water partition coefficient (Wildman–Crippen LogP) is 1.62. The van der Waals surface area contributed by atoms with Crippen molar-refractivity contribution in [3.8, 4) is 0 Å². The van der Waals surface area contributed by atoms with Gasteiger partial charge in [-0.1, -0.05) is 12.1 Å². The molecule has 0 bridgehead atoms. The summed E-state index contributed by atoms with van der Waals surface area (Å²) in [6, 6.07) is 6.72. The highest BCUT2D eigenvalue weighted by Crippen LogP contribution is 2.18. The van der Waals surface area contributed by atoms with Gasteiger partial charge in [0.2, 0.25) is 0 Å². The number of para-hydroxylation sites is 1. The molecule has 0 aliphatic carbocycles. The Labute approximate surface area is 106 Å². The van der Waals surface area contributed by atoms with Crippen LogP contribution in [0.4, 0.5) is 10.1 Å². The highest BCUT2D eigenvalue weighted by Gasteiger charge is 2.08. The number of anilines is 1. The molecule has 0 atom stereocenters. The van der Waals surface area contributed by atoms with E-state index in [1.807, 2.05) is 28.8 Å². The van der Waals surface area contributed by atoms with E-state index in [-0.39, 0.29) is 5.82 Å². The zero-order valence-corrected chi connectivity index (χ0v) is 10.4. The lowest BCUT2D eigenvalue weighted by atomic mass is 10.2. The van der Waals surface area contributed by atoms with Crippen molar-refractivity contribution in [3.63, 3.8) is 0 Å². The fraction of sp³-hybridized carbons (Fsp3) is 0.308. The summed E-state index contributed by atoms with van der Waals surface area (Å²) in [5.41, 5.74) is 6.95. The van der Waals surface area contributed by atoms with E-state index in [0.29, 0.717) is 18.8 Å². The molecule has 2 aromatic rings. The summed E-state index contributed by atoms with van der Waals surface area (Å²) < 4.78 is 15.5. The van der Waals surface area contributed by atoms with Gasteiger partial charge in [-0.05, 0) is 12.1 Å². The summed E-state index contributed by atoms with van der Waals surface area (Å²) in [5.74, 6) is -0.221. The van der Waals surface area contributed by atoms with Crippen molar-refractivity contribution < 1.29 is 4.39 Å². The molecule has 96 valence electrons. The quantitative estimate of drug-likeness (QED) is 0.874. The molecule has 0 radical (unpaired) electrons. The van der Waals surface area contributed by atoms with Gasteiger partial charge in [-0.15, -0.1) is 0 Å². The van der Waals surface area contributed by atoms with Crippen LogP contribution in [-0.4, -0.2) is 23.1 Å². The number of aromatic nitrogens is 2. The lowest BCUT2D eigenvalue weighted by Gasteiger charge is -2.18. The minimum Gasteiger partial charge on any atom is -0.366 e. The second kappa shape index (κ2) is 5.64. The first kappa shape index (κ1) is 12.6. The van der Waals surface area contributed by atoms with Crippen molar-refractivity contribution >= 4 is 5.69 Å². The number of hydrogen-bond donors (Lipinski definition) is 1. The third-order valence-electron chi connectivity index (χ3n) is 2.74. The van der Waals surface area contributed by atoms with Crippen LogP contribution in [0.2, 0.25) is 0 Å². The van der Waals surface area contributed by atoms with Crippen LogP contribution in [0.3, 0.4) is 0 Å². The maximum absolute atomic E-state index is 13.6. The first-order chi connectivity index (χ1) is 8.70. The van der Waals surface area contributed by atoms with Crippen LogP contribution < -0.4 is 10.6 Å². The van der Waals surface area contributed by atoms with Gasteiger partial charge >= 0.3 is 0 Å². The third-order valence-corrected chi connectivity index (χ3v) is 2.74. The Morgan fingerprint density at radius 2 is 2.17 bits per heavy atom. The molecule has 0 saturated carbocycles. The van der Waals surface area contributed by atoms with E-state index in [2.05, 4.69) is 4.98 Å². The maximum Gasteiger partial charge on any atom is 0.146 e. The van der Waals surface area contributed by atoms with E-state index < -0.39 is 0 Å². The van der Waals surface area contributed by atoms with Gasteiger partial charge in [-0.25, -0.2) is 9.37 Å². The van der Waals surface area contributed by atoms with Crippen LogP contribution in [0.25, 0.3) is 0 Å². The lowest BCUT2D eigenvalue weighted by Crippen LogP contribution is -2.17. The van der Waals surface area contributed by atoms with Gasteiger partial charge in [-0.2, -0.15) is 0 Å². The van der Waals surface area contributed by atoms with Crippen molar-refractivity contribution in [2.75, 3.05) is 18.5 Å². The zero-order valence-electron chi connectivity index (χ0n) is 10.4. The second-order valence-electron chi connectivity index (χ2n) is 4.20. The van der Waals surface area contributed by atoms with Gasteiger partial charge in [-0.3, -0.25) is 0 Å². The number of nitrogens with zero attached hydrogens (tertiary/aromatic N) is 3. The smallest absolute Gasteiger partial charge is 0.146 e. The monoisotopic (exact) mass is 248 g/mol. The normalized spacial score (nSPS) is 10.6. The van der Waals surface area contributed by atoms with Crippen LogP contribution >= 0.6 is 0 Å². The third kappa shape index (κ3) is 2.87. The van der Waals surface area contributed by atoms with Gasteiger partial charge in [0, 0.05) is 26.3 Å². The summed E-state index contributed by atoms with van der Waals surface area (Å²) >= 11 is 0. The molecule has 0 unspecified atom stereocenters. The Morgan fingerprint density at radius 3 is 2.89 bits per heavy atom. The van der Waals surface area contributed by atoms with Gasteiger partial charge in [0.05, 0.1) is 24.3 Å². The first-order valence-electron chi connectivity index (χ1n) is 5.87. The first-order valence-corrected chi connectivity index (χ1v) is 5.87. The topological polar surface area (TPSA) is 47.1 Å². The average molecular weight is 248 g/mol. The van der Waals surface area contributed by atoms with Crippen LogP contribution in [0.15, 0.2) is 36.8 Å². The number of hydrogen-bond acceptors (Lipinski definition) is 3. The number of nitrogens with two attached hydrogens (primary N) is 1. The van der Waals surface area contributed by atoms with Crippen molar-refractivity contribution in [3.05, 3.63) is 48.3 Å². The van der Waals surface area contributed by atoms with Crippen molar-refractivity contribution in [2.45, 2.75) is 13.1 Å². The lowest BCUT2D eigenvalue weighted by molar-refractivity contribution is 0.622. The summed E-state index contributed by atoms with van der Waals surface area (Å²) in [5, 5.41) is 0. The summed E-state index contributed by atoms with van der Waals surface area (Å²) in [6.07, 6.45) is 3.68. The van der Waals surface area contributed by atoms with Crippen molar-refractivity contribution in [1.82, 2.24) is 9.55 Å². The Kier molecular flexibility index (Phi) is 3.94. The van der Waals surface area contributed by atoms with Gasteiger partial charge in [0.1, 0.15) is 5.82 Å². The molecule has 0 saturated heterocycles.